The van der Waals surface area contributed by atoms with Crippen molar-refractivity contribution in [3.05, 3.63) is 0 Å². The maximum atomic E-state index is 11.7. The Morgan fingerprint density at radius 3 is 2.36 bits per heavy atom. The molecular formula is C10H17NO3. The molecule has 80 valence electrons. The summed E-state index contributed by atoms with van der Waals surface area (Å²) in [6, 6.07) is 0. The van der Waals surface area contributed by atoms with Gasteiger partial charge in [-0.1, -0.05) is 12.8 Å². The highest BCUT2D eigenvalue weighted by molar-refractivity contribution is 6.04. The van der Waals surface area contributed by atoms with Crippen molar-refractivity contribution in [1.82, 2.24) is 0 Å². The Bertz CT molecular complexity index is 232. The monoisotopic (exact) mass is 199 g/mol. The number of hydrogen-bond acceptors (Lipinski definition) is 4. The zero-order valence-electron chi connectivity index (χ0n) is 8.54. The molecular weight excluding hydrogens is 182 g/mol. The Morgan fingerprint density at radius 1 is 1.36 bits per heavy atom. The summed E-state index contributed by atoms with van der Waals surface area (Å²) in [4.78, 5) is 23.3. The summed E-state index contributed by atoms with van der Waals surface area (Å²) in [6.07, 6.45) is 3.01. The minimum Gasteiger partial charge on any atom is -0.465 e. The maximum absolute atomic E-state index is 11.7. The molecule has 0 aromatic rings. The van der Waals surface area contributed by atoms with Gasteiger partial charge in [0.25, 0.3) is 0 Å². The zero-order valence-corrected chi connectivity index (χ0v) is 8.54. The number of rotatable bonds is 4. The van der Waals surface area contributed by atoms with Gasteiger partial charge in [0.15, 0.2) is 5.78 Å². The van der Waals surface area contributed by atoms with Gasteiger partial charge in [0, 0.05) is 0 Å². The normalized spacial score (nSPS) is 19.3. The van der Waals surface area contributed by atoms with Crippen molar-refractivity contribution in [3.63, 3.8) is 0 Å². The molecule has 4 nitrogen and oxygen atoms in total. The number of hydrogen-bond donors (Lipinski definition) is 1. The van der Waals surface area contributed by atoms with Gasteiger partial charge in [-0.15, -0.1) is 0 Å². The number of nitrogens with two attached hydrogens (primary N) is 1. The quantitative estimate of drug-likeness (QED) is 0.532. The van der Waals surface area contributed by atoms with Crippen LogP contribution in [0.4, 0.5) is 0 Å². The van der Waals surface area contributed by atoms with E-state index in [9.17, 15) is 9.59 Å². The third kappa shape index (κ3) is 1.80. The largest absolute Gasteiger partial charge is 0.465 e. The molecule has 4 heteroatoms. The summed E-state index contributed by atoms with van der Waals surface area (Å²) in [7, 11) is 0. The summed E-state index contributed by atoms with van der Waals surface area (Å²) in [5.74, 6) is -0.554. The van der Waals surface area contributed by atoms with Crippen LogP contribution >= 0.6 is 0 Å². The Morgan fingerprint density at radius 2 is 1.93 bits per heavy atom. The van der Waals surface area contributed by atoms with Crippen LogP contribution in [0.15, 0.2) is 0 Å². The topological polar surface area (TPSA) is 69.4 Å². The predicted molar refractivity (Wildman–Crippen MR) is 51.6 cm³/mol. The van der Waals surface area contributed by atoms with Crippen molar-refractivity contribution in [2.75, 3.05) is 13.2 Å². The van der Waals surface area contributed by atoms with Crippen LogP contribution in [-0.2, 0) is 14.3 Å². The lowest BCUT2D eigenvalue weighted by molar-refractivity contribution is -0.159. The fraction of sp³-hybridized carbons (Fsp3) is 0.800. The molecule has 2 N–H and O–H groups in total. The van der Waals surface area contributed by atoms with E-state index in [2.05, 4.69) is 0 Å². The van der Waals surface area contributed by atoms with Gasteiger partial charge in [-0.25, -0.2) is 0 Å². The molecule has 0 unspecified atom stereocenters. The molecule has 0 aromatic carbocycles. The third-order valence-corrected chi connectivity index (χ3v) is 2.84. The SMILES string of the molecule is CCOC(=O)C1(C(=O)CN)CCCC1. The van der Waals surface area contributed by atoms with E-state index in [4.69, 9.17) is 10.5 Å². The van der Waals surface area contributed by atoms with Crippen LogP contribution in [0.5, 0.6) is 0 Å². The van der Waals surface area contributed by atoms with Crippen LogP contribution in [0.3, 0.4) is 0 Å². The second kappa shape index (κ2) is 4.55. The summed E-state index contributed by atoms with van der Waals surface area (Å²) < 4.78 is 4.94. The van der Waals surface area contributed by atoms with Gasteiger partial charge in [-0.2, -0.15) is 0 Å². The number of carbonyl (C=O) groups is 2. The van der Waals surface area contributed by atoms with E-state index in [-0.39, 0.29) is 18.3 Å². The lowest BCUT2D eigenvalue weighted by atomic mass is 9.81. The molecule has 1 rings (SSSR count). The average molecular weight is 199 g/mol. The molecule has 0 spiro atoms. The van der Waals surface area contributed by atoms with E-state index in [1.165, 1.54) is 0 Å². The average Bonchev–Trinajstić information content (AvgIpc) is 2.67. The second-order valence-corrected chi connectivity index (χ2v) is 3.64. The lowest BCUT2D eigenvalue weighted by Gasteiger charge is -2.23. The molecule has 1 aliphatic rings. The molecule has 0 atom stereocenters. The number of esters is 1. The Hall–Kier alpha value is -0.900. The van der Waals surface area contributed by atoms with Gasteiger partial charge in [0.2, 0.25) is 0 Å². The first-order valence-electron chi connectivity index (χ1n) is 5.08. The standard InChI is InChI=1S/C10H17NO3/c1-2-14-9(13)10(8(12)7-11)5-3-4-6-10/h2-7,11H2,1H3. The van der Waals surface area contributed by atoms with E-state index in [1.54, 1.807) is 6.92 Å². The molecule has 1 aliphatic carbocycles. The van der Waals surface area contributed by atoms with Crippen molar-refractivity contribution in [1.29, 1.82) is 0 Å². The molecule has 1 saturated carbocycles. The van der Waals surface area contributed by atoms with Gasteiger partial charge in [-0.05, 0) is 19.8 Å². The van der Waals surface area contributed by atoms with Crippen LogP contribution in [0, 0.1) is 5.41 Å². The molecule has 0 bridgehead atoms. The highest BCUT2D eigenvalue weighted by Gasteiger charge is 2.47. The molecule has 0 aliphatic heterocycles. The summed E-state index contributed by atoms with van der Waals surface area (Å²) in [6.45, 7) is 1.99. The second-order valence-electron chi connectivity index (χ2n) is 3.64. The van der Waals surface area contributed by atoms with E-state index in [0.717, 1.165) is 12.8 Å². The maximum Gasteiger partial charge on any atom is 0.319 e. The van der Waals surface area contributed by atoms with Crippen LogP contribution in [0.2, 0.25) is 0 Å². The summed E-state index contributed by atoms with van der Waals surface area (Å²) in [5.41, 5.74) is 4.40. The number of ketones is 1. The van der Waals surface area contributed by atoms with Gasteiger partial charge in [0.05, 0.1) is 13.2 Å². The van der Waals surface area contributed by atoms with Crippen molar-refractivity contribution >= 4 is 11.8 Å². The first-order chi connectivity index (χ1) is 6.67. The summed E-state index contributed by atoms with van der Waals surface area (Å²) >= 11 is 0. The third-order valence-electron chi connectivity index (χ3n) is 2.84. The van der Waals surface area contributed by atoms with Crippen molar-refractivity contribution in [2.45, 2.75) is 32.6 Å². The molecule has 0 heterocycles. The van der Waals surface area contributed by atoms with Crippen LogP contribution in [-0.4, -0.2) is 24.9 Å². The minimum atomic E-state index is -0.912. The minimum absolute atomic E-state index is 0.0706. The van der Waals surface area contributed by atoms with Crippen LogP contribution in [0.1, 0.15) is 32.6 Å². The highest BCUT2D eigenvalue weighted by atomic mass is 16.5. The molecule has 0 aromatic heterocycles. The fourth-order valence-electron chi connectivity index (χ4n) is 2.04. The summed E-state index contributed by atoms with van der Waals surface area (Å²) in [5, 5.41) is 0. The van der Waals surface area contributed by atoms with Gasteiger partial charge in [-0.3, -0.25) is 9.59 Å². The molecule has 0 amide bonds. The smallest absolute Gasteiger partial charge is 0.319 e. The number of carbonyl (C=O) groups excluding carboxylic acids is 2. The first-order valence-corrected chi connectivity index (χ1v) is 5.08. The predicted octanol–water partition coefficient (Wildman–Crippen LogP) is 0.638. The molecule has 14 heavy (non-hydrogen) atoms. The van der Waals surface area contributed by atoms with Gasteiger partial charge >= 0.3 is 5.97 Å². The molecule has 0 saturated heterocycles. The van der Waals surface area contributed by atoms with E-state index in [1.807, 2.05) is 0 Å². The lowest BCUT2D eigenvalue weighted by Crippen LogP contribution is -2.41. The first kappa shape index (κ1) is 11.2. The molecule has 1 fully saturated rings. The zero-order chi connectivity index (χ0) is 10.6. The Balaban J connectivity index is 2.81. The van der Waals surface area contributed by atoms with Gasteiger partial charge < -0.3 is 10.5 Å². The van der Waals surface area contributed by atoms with E-state index >= 15 is 0 Å². The fourth-order valence-corrected chi connectivity index (χ4v) is 2.04. The van der Waals surface area contributed by atoms with E-state index < -0.39 is 5.41 Å². The molecule has 0 radical (unpaired) electrons. The Kier molecular flexibility index (Phi) is 3.63. The van der Waals surface area contributed by atoms with Crippen LogP contribution < -0.4 is 5.73 Å². The number of ether oxygens (including phenoxy) is 1. The van der Waals surface area contributed by atoms with Gasteiger partial charge in [0.1, 0.15) is 5.41 Å². The van der Waals surface area contributed by atoms with Crippen molar-refractivity contribution in [2.24, 2.45) is 11.1 Å². The Labute approximate surface area is 83.8 Å². The van der Waals surface area contributed by atoms with Crippen molar-refractivity contribution < 1.29 is 14.3 Å². The van der Waals surface area contributed by atoms with Crippen molar-refractivity contribution in [3.8, 4) is 0 Å². The van der Waals surface area contributed by atoms with E-state index in [0.29, 0.717) is 19.4 Å². The highest BCUT2D eigenvalue weighted by Crippen LogP contribution is 2.39. The van der Waals surface area contributed by atoms with Crippen LogP contribution in [0.25, 0.3) is 0 Å². The number of Topliss-reactive ketones (excluding diaryl/α,β-unsaturated/α-hetero) is 1.